The molecule has 238 valence electrons. The number of fused-ring (bicyclic) bond motifs is 4. The molecule has 4 heterocycles. The number of thiophene rings is 1. The SMILES string of the molecule is O=C(NCC1C[C@@H]2C[C@@H]2C[C@H]2CC[C@@H](C(=O)N3CCOc4cc(F)ccc43)N2C1=O)c1cc2cc(C(F)P(=O)(O)O)ccc2s1. The van der Waals surface area contributed by atoms with Gasteiger partial charge in [-0.15, -0.1) is 11.3 Å². The van der Waals surface area contributed by atoms with Crippen molar-refractivity contribution in [2.24, 2.45) is 17.8 Å². The van der Waals surface area contributed by atoms with Crippen molar-refractivity contribution in [1.29, 1.82) is 0 Å². The number of nitrogens with zero attached hydrogens (tertiary/aromatic N) is 2. The van der Waals surface area contributed by atoms with Crippen molar-refractivity contribution in [2.75, 3.05) is 24.6 Å². The van der Waals surface area contributed by atoms with Gasteiger partial charge in [0.05, 0.1) is 23.0 Å². The Kier molecular flexibility index (Phi) is 7.71. The average Bonchev–Trinajstić information content (AvgIpc) is 3.37. The molecule has 0 bridgehead atoms. The Morgan fingerprint density at radius 1 is 1.09 bits per heavy atom. The van der Waals surface area contributed by atoms with E-state index in [0.29, 0.717) is 57.6 Å². The molecule has 0 spiro atoms. The van der Waals surface area contributed by atoms with Gasteiger partial charge in [-0.25, -0.2) is 8.78 Å². The van der Waals surface area contributed by atoms with Crippen LogP contribution in [0.25, 0.3) is 10.1 Å². The van der Waals surface area contributed by atoms with Crippen LogP contribution in [-0.4, -0.2) is 64.2 Å². The Hall–Kier alpha value is -3.38. The van der Waals surface area contributed by atoms with Crippen LogP contribution in [0.4, 0.5) is 14.5 Å². The van der Waals surface area contributed by atoms with E-state index in [1.54, 1.807) is 15.9 Å². The molecule has 14 heteroatoms. The average molecular weight is 660 g/mol. The zero-order chi connectivity index (χ0) is 31.6. The van der Waals surface area contributed by atoms with Crippen molar-refractivity contribution in [3.63, 3.8) is 0 Å². The summed E-state index contributed by atoms with van der Waals surface area (Å²) in [6.45, 7) is 0.615. The third kappa shape index (κ3) is 5.75. The highest BCUT2D eigenvalue weighted by atomic mass is 32.1. The standard InChI is InChI=1S/C31H32F2N3O7PS/c32-21-2-4-23-25(14-21)43-8-7-35(23)31(39)24-5-3-22-12-18-10-17(18)11-20(30(38)36(22)24)15-34-29(37)27-13-19-9-16(1-6-26(19)45-27)28(33)44(40,41)42/h1-2,4,6,9,13-14,17-18,20,22,24,28H,3,5,7-8,10-12,15H2,(H,34,37)(H2,40,41,42)/t17-,18+,20?,22+,24-,28?/m0/s1. The van der Waals surface area contributed by atoms with Crippen molar-refractivity contribution >= 4 is 52.4 Å². The maximum Gasteiger partial charge on any atom is 0.363 e. The Morgan fingerprint density at radius 3 is 2.69 bits per heavy atom. The lowest BCUT2D eigenvalue weighted by Crippen LogP contribution is -2.54. The first-order chi connectivity index (χ1) is 21.5. The van der Waals surface area contributed by atoms with Gasteiger partial charge in [0, 0.05) is 23.4 Å². The highest BCUT2D eigenvalue weighted by molar-refractivity contribution is 7.51. The second-order valence-corrected chi connectivity index (χ2v) is 15.1. The molecule has 10 nitrogen and oxygen atoms in total. The summed E-state index contributed by atoms with van der Waals surface area (Å²) < 4.78 is 45.7. The number of amides is 3. The molecule has 3 fully saturated rings. The second kappa shape index (κ2) is 11.5. The lowest BCUT2D eigenvalue weighted by Gasteiger charge is -2.38. The Balaban J connectivity index is 1.08. The van der Waals surface area contributed by atoms with Crippen molar-refractivity contribution in [2.45, 2.75) is 50.1 Å². The minimum Gasteiger partial charge on any atom is -0.489 e. The zero-order valence-corrected chi connectivity index (χ0v) is 25.8. The first kappa shape index (κ1) is 30.3. The van der Waals surface area contributed by atoms with Crippen molar-refractivity contribution in [3.8, 4) is 5.75 Å². The van der Waals surface area contributed by atoms with E-state index in [1.807, 2.05) is 0 Å². The Labute approximate surface area is 261 Å². The number of halogens is 2. The predicted octanol–water partition coefficient (Wildman–Crippen LogP) is 4.75. The zero-order valence-electron chi connectivity index (χ0n) is 24.1. The number of carbonyl (C=O) groups is 3. The summed E-state index contributed by atoms with van der Waals surface area (Å²) in [5.41, 5.74) is 0.317. The topological polar surface area (TPSA) is 136 Å². The fraction of sp³-hybridized carbons (Fsp3) is 0.452. The number of benzene rings is 2. The van der Waals surface area contributed by atoms with Gasteiger partial charge in [0.2, 0.25) is 17.7 Å². The van der Waals surface area contributed by atoms with Crippen molar-refractivity contribution < 1.29 is 42.3 Å². The van der Waals surface area contributed by atoms with Crippen LogP contribution >= 0.6 is 18.9 Å². The molecule has 3 aromatic rings. The molecular weight excluding hydrogens is 627 g/mol. The Morgan fingerprint density at radius 2 is 1.89 bits per heavy atom. The molecule has 1 aliphatic carbocycles. The molecule has 2 aromatic carbocycles. The van der Waals surface area contributed by atoms with E-state index in [4.69, 9.17) is 4.74 Å². The largest absolute Gasteiger partial charge is 0.489 e. The van der Waals surface area contributed by atoms with E-state index in [9.17, 15) is 37.5 Å². The number of carbonyl (C=O) groups excluding carboxylic acids is 3. The van der Waals surface area contributed by atoms with Crippen LogP contribution in [0.3, 0.4) is 0 Å². The minimum absolute atomic E-state index is 0.0575. The number of hydrogen-bond donors (Lipinski definition) is 3. The molecule has 7 rings (SSSR count). The molecule has 2 unspecified atom stereocenters. The number of rotatable bonds is 6. The fourth-order valence-corrected chi connectivity index (χ4v) is 8.71. The van der Waals surface area contributed by atoms with E-state index < -0.39 is 37.2 Å². The highest BCUT2D eigenvalue weighted by Crippen LogP contribution is 2.53. The molecule has 2 saturated heterocycles. The first-order valence-corrected chi connectivity index (χ1v) is 17.5. The van der Waals surface area contributed by atoms with Crippen LogP contribution in [0.15, 0.2) is 42.5 Å². The number of ether oxygens (including phenoxy) is 1. The number of hydrogen-bond acceptors (Lipinski definition) is 6. The molecule has 3 amide bonds. The summed E-state index contributed by atoms with van der Waals surface area (Å²) in [5, 5.41) is 3.37. The molecule has 1 aromatic heterocycles. The number of alkyl halides is 1. The van der Waals surface area contributed by atoms with Crippen LogP contribution in [0.2, 0.25) is 0 Å². The summed E-state index contributed by atoms with van der Waals surface area (Å²) >= 11 is 1.16. The highest BCUT2D eigenvalue weighted by Gasteiger charge is 2.51. The summed E-state index contributed by atoms with van der Waals surface area (Å²) in [7, 11) is -4.97. The third-order valence-electron chi connectivity index (χ3n) is 9.52. The summed E-state index contributed by atoms with van der Waals surface area (Å²) in [6, 6.07) is 9.04. The van der Waals surface area contributed by atoms with Gasteiger partial charge in [0.25, 0.3) is 5.91 Å². The van der Waals surface area contributed by atoms with Crippen LogP contribution in [0, 0.1) is 23.6 Å². The normalized spacial score (nSPS) is 26.7. The van der Waals surface area contributed by atoms with Gasteiger partial charge in [-0.1, -0.05) is 6.07 Å². The van der Waals surface area contributed by atoms with Gasteiger partial charge < -0.3 is 29.6 Å². The van der Waals surface area contributed by atoms with E-state index in [-0.39, 0.29) is 36.6 Å². The molecule has 3 N–H and O–H groups in total. The van der Waals surface area contributed by atoms with Gasteiger partial charge in [-0.2, -0.15) is 0 Å². The van der Waals surface area contributed by atoms with Gasteiger partial charge in [-0.3, -0.25) is 18.9 Å². The summed E-state index contributed by atoms with van der Waals surface area (Å²) in [6.07, 6.45) is 3.74. The minimum atomic E-state index is -4.97. The van der Waals surface area contributed by atoms with E-state index in [1.165, 1.54) is 36.4 Å². The second-order valence-electron chi connectivity index (χ2n) is 12.4. The van der Waals surface area contributed by atoms with Crippen molar-refractivity contribution in [1.82, 2.24) is 10.2 Å². The van der Waals surface area contributed by atoms with Gasteiger partial charge in [0.1, 0.15) is 24.2 Å². The molecule has 0 radical (unpaired) electrons. The third-order valence-corrected chi connectivity index (χ3v) is 11.5. The maximum atomic E-state index is 14.2. The summed E-state index contributed by atoms with van der Waals surface area (Å²) in [5.74, 6) is -3.01. The van der Waals surface area contributed by atoms with Gasteiger partial charge >= 0.3 is 7.60 Å². The molecule has 3 aliphatic heterocycles. The predicted molar refractivity (Wildman–Crippen MR) is 162 cm³/mol. The monoisotopic (exact) mass is 659 g/mol. The molecule has 6 atom stereocenters. The lowest BCUT2D eigenvalue weighted by atomic mass is 9.94. The Bertz CT molecular complexity index is 1750. The summed E-state index contributed by atoms with van der Waals surface area (Å²) in [4.78, 5) is 63.4. The van der Waals surface area contributed by atoms with Crippen molar-refractivity contribution in [3.05, 3.63) is 58.7 Å². The molecular formula is C31H32F2N3O7PS. The fourth-order valence-electron chi connectivity index (χ4n) is 7.20. The molecule has 4 aliphatic rings. The van der Waals surface area contributed by atoms with Crippen LogP contribution in [-0.2, 0) is 14.2 Å². The van der Waals surface area contributed by atoms with E-state index in [0.717, 1.165) is 30.6 Å². The van der Waals surface area contributed by atoms with Crippen LogP contribution in [0.5, 0.6) is 5.75 Å². The van der Waals surface area contributed by atoms with Gasteiger partial charge in [-0.05, 0) is 85.2 Å². The first-order valence-electron chi connectivity index (χ1n) is 15.0. The number of nitrogens with one attached hydrogen (secondary N) is 1. The van der Waals surface area contributed by atoms with Crippen LogP contribution < -0.4 is 15.0 Å². The van der Waals surface area contributed by atoms with Crippen LogP contribution in [0.1, 0.15) is 53.3 Å². The number of anilines is 1. The van der Waals surface area contributed by atoms with E-state index in [2.05, 4.69) is 5.32 Å². The molecule has 45 heavy (non-hydrogen) atoms. The quantitative estimate of drug-likeness (QED) is 0.325. The molecule has 1 saturated carbocycles. The van der Waals surface area contributed by atoms with Gasteiger partial charge in [0.15, 0.2) is 0 Å². The lowest BCUT2D eigenvalue weighted by molar-refractivity contribution is -0.144. The van der Waals surface area contributed by atoms with E-state index >= 15 is 0 Å². The smallest absolute Gasteiger partial charge is 0.363 e. The maximum absolute atomic E-state index is 14.2.